The highest BCUT2D eigenvalue weighted by Gasteiger charge is 2.10. The fraction of sp³-hybridized carbons (Fsp3) is 1.00. The van der Waals surface area contributed by atoms with Gasteiger partial charge >= 0.3 is 0 Å². The summed E-state index contributed by atoms with van der Waals surface area (Å²) < 4.78 is 28.9. The predicted molar refractivity (Wildman–Crippen MR) is 119 cm³/mol. The lowest BCUT2D eigenvalue weighted by Crippen LogP contribution is -2.11. The Kier molecular flexibility index (Phi) is 20.6. The fourth-order valence-electron chi connectivity index (χ4n) is 3.42. The molecule has 27 heavy (non-hydrogen) atoms. The molecule has 0 rings (SSSR count). The molecule has 0 bridgehead atoms. The monoisotopic (exact) mass is 404 g/mol. The van der Waals surface area contributed by atoms with Gasteiger partial charge in [-0.25, -0.2) is 0 Å². The Bertz CT molecular complexity index is 349. The lowest BCUT2D eigenvalue weighted by molar-refractivity contribution is 0.305. The van der Waals surface area contributed by atoms with E-state index < -0.39 is 10.1 Å². The first-order chi connectivity index (χ1) is 13.1. The van der Waals surface area contributed by atoms with Crippen molar-refractivity contribution in [3.8, 4) is 0 Å². The number of unbranched alkanes of at least 4 members (excludes halogenated alkanes) is 17. The van der Waals surface area contributed by atoms with Crippen LogP contribution in [-0.4, -0.2) is 20.8 Å². The van der Waals surface area contributed by atoms with Crippen LogP contribution in [0.4, 0.5) is 0 Å². The van der Waals surface area contributed by atoms with E-state index in [-0.39, 0.29) is 5.75 Å². The van der Waals surface area contributed by atoms with Crippen LogP contribution in [0.5, 0.6) is 0 Å². The van der Waals surface area contributed by atoms with Crippen LogP contribution in [0.15, 0.2) is 0 Å². The SMILES string of the molecule is CCCCCCCCCCCCS(=O)(=O)OCCCCCCCCCCC. The summed E-state index contributed by atoms with van der Waals surface area (Å²) in [5.41, 5.74) is 0. The van der Waals surface area contributed by atoms with Gasteiger partial charge in [0.1, 0.15) is 0 Å². The Labute approximate surface area is 171 Å². The Balaban J connectivity index is 3.34. The lowest BCUT2D eigenvalue weighted by Gasteiger charge is -2.06. The van der Waals surface area contributed by atoms with E-state index >= 15 is 0 Å². The summed E-state index contributed by atoms with van der Waals surface area (Å²) >= 11 is 0. The third-order valence-corrected chi connectivity index (χ3v) is 6.57. The summed E-state index contributed by atoms with van der Waals surface area (Å²) in [6.07, 6.45) is 23.3. The predicted octanol–water partition coefficient (Wildman–Crippen LogP) is 7.78. The molecular weight excluding hydrogens is 356 g/mol. The van der Waals surface area contributed by atoms with Gasteiger partial charge in [-0.1, -0.05) is 123 Å². The maximum absolute atomic E-state index is 11.9. The van der Waals surface area contributed by atoms with E-state index in [4.69, 9.17) is 4.18 Å². The van der Waals surface area contributed by atoms with Gasteiger partial charge in [-0.15, -0.1) is 0 Å². The van der Waals surface area contributed by atoms with E-state index in [1.165, 1.54) is 89.9 Å². The van der Waals surface area contributed by atoms with Gasteiger partial charge < -0.3 is 0 Å². The Morgan fingerprint density at radius 1 is 0.481 bits per heavy atom. The molecule has 0 atom stereocenters. The highest BCUT2D eigenvalue weighted by atomic mass is 32.2. The van der Waals surface area contributed by atoms with Crippen LogP contribution in [0.2, 0.25) is 0 Å². The highest BCUT2D eigenvalue weighted by Crippen LogP contribution is 2.12. The first kappa shape index (κ1) is 26.9. The van der Waals surface area contributed by atoms with Crippen LogP contribution in [0.1, 0.15) is 136 Å². The third-order valence-electron chi connectivity index (χ3n) is 5.26. The third kappa shape index (κ3) is 22.1. The zero-order chi connectivity index (χ0) is 20.1. The van der Waals surface area contributed by atoms with Gasteiger partial charge in [0.25, 0.3) is 10.1 Å². The van der Waals surface area contributed by atoms with Crippen molar-refractivity contribution >= 4 is 10.1 Å². The van der Waals surface area contributed by atoms with E-state index in [0.29, 0.717) is 6.61 Å². The zero-order valence-corrected chi connectivity index (χ0v) is 19.3. The molecule has 0 aliphatic heterocycles. The quantitative estimate of drug-likeness (QED) is 0.137. The summed E-state index contributed by atoms with van der Waals surface area (Å²) in [4.78, 5) is 0. The van der Waals surface area contributed by atoms with E-state index in [2.05, 4.69) is 13.8 Å². The lowest BCUT2D eigenvalue weighted by atomic mass is 10.1. The molecule has 0 aromatic heterocycles. The van der Waals surface area contributed by atoms with Gasteiger partial charge in [0.05, 0.1) is 12.4 Å². The van der Waals surface area contributed by atoms with Crippen LogP contribution >= 0.6 is 0 Å². The van der Waals surface area contributed by atoms with Gasteiger partial charge in [-0.2, -0.15) is 8.42 Å². The molecule has 0 aromatic rings. The summed E-state index contributed by atoms with van der Waals surface area (Å²) in [6.45, 7) is 4.86. The highest BCUT2D eigenvalue weighted by molar-refractivity contribution is 7.86. The van der Waals surface area contributed by atoms with Crippen molar-refractivity contribution in [1.82, 2.24) is 0 Å². The van der Waals surface area contributed by atoms with Crippen molar-refractivity contribution in [2.24, 2.45) is 0 Å². The topological polar surface area (TPSA) is 43.4 Å². The van der Waals surface area contributed by atoms with Crippen LogP contribution in [0.3, 0.4) is 0 Å². The maximum atomic E-state index is 11.9. The van der Waals surface area contributed by atoms with Gasteiger partial charge in [0.2, 0.25) is 0 Å². The minimum absolute atomic E-state index is 0.195. The van der Waals surface area contributed by atoms with Gasteiger partial charge in [-0.3, -0.25) is 4.18 Å². The van der Waals surface area contributed by atoms with Crippen LogP contribution in [0.25, 0.3) is 0 Å². The van der Waals surface area contributed by atoms with E-state index in [9.17, 15) is 8.42 Å². The molecule has 0 unspecified atom stereocenters. The number of rotatable bonds is 22. The molecule has 0 aromatic carbocycles. The van der Waals surface area contributed by atoms with E-state index in [0.717, 1.165) is 32.1 Å². The average molecular weight is 405 g/mol. The molecule has 4 heteroatoms. The molecule has 0 radical (unpaired) electrons. The van der Waals surface area contributed by atoms with Crippen molar-refractivity contribution in [1.29, 1.82) is 0 Å². The molecule has 0 heterocycles. The Morgan fingerprint density at radius 2 is 0.815 bits per heavy atom. The standard InChI is InChI=1S/C23H48O3S/c1-3-5-7-9-11-13-15-17-19-21-23-27(24,25)26-22-20-18-16-14-12-10-8-6-4-2/h3-23H2,1-2H3. The first-order valence-corrected chi connectivity index (χ1v) is 13.6. The van der Waals surface area contributed by atoms with Crippen LogP contribution in [0, 0.1) is 0 Å². The molecule has 0 saturated heterocycles. The summed E-state index contributed by atoms with van der Waals surface area (Å²) in [6, 6.07) is 0. The van der Waals surface area contributed by atoms with Crippen molar-refractivity contribution in [2.75, 3.05) is 12.4 Å². The van der Waals surface area contributed by atoms with E-state index in [1.807, 2.05) is 0 Å². The second kappa shape index (κ2) is 20.6. The molecule has 164 valence electrons. The summed E-state index contributed by atoms with van der Waals surface area (Å²) in [7, 11) is -3.30. The first-order valence-electron chi connectivity index (χ1n) is 12.0. The molecule has 0 fully saturated rings. The molecule has 3 nitrogen and oxygen atoms in total. The average Bonchev–Trinajstić information content (AvgIpc) is 2.64. The van der Waals surface area contributed by atoms with Gasteiger partial charge in [-0.05, 0) is 12.8 Å². The Hall–Kier alpha value is -0.0900. The second-order valence-corrected chi connectivity index (χ2v) is 9.85. The van der Waals surface area contributed by atoms with Crippen LogP contribution < -0.4 is 0 Å². The normalized spacial score (nSPS) is 11.9. The molecular formula is C23H48O3S. The number of hydrogen-bond donors (Lipinski definition) is 0. The van der Waals surface area contributed by atoms with Crippen molar-refractivity contribution in [3.63, 3.8) is 0 Å². The van der Waals surface area contributed by atoms with Gasteiger partial charge in [0.15, 0.2) is 0 Å². The summed E-state index contributed by atoms with van der Waals surface area (Å²) in [5, 5.41) is 0. The zero-order valence-electron chi connectivity index (χ0n) is 18.5. The molecule has 0 aliphatic carbocycles. The van der Waals surface area contributed by atoms with E-state index in [1.54, 1.807) is 0 Å². The summed E-state index contributed by atoms with van der Waals surface area (Å²) in [5.74, 6) is 0.195. The fourth-order valence-corrected chi connectivity index (χ4v) is 4.47. The molecule has 0 saturated carbocycles. The van der Waals surface area contributed by atoms with Crippen molar-refractivity contribution < 1.29 is 12.6 Å². The maximum Gasteiger partial charge on any atom is 0.267 e. The van der Waals surface area contributed by atoms with Gasteiger partial charge in [0, 0.05) is 0 Å². The molecule has 0 spiro atoms. The molecule has 0 amide bonds. The van der Waals surface area contributed by atoms with Crippen molar-refractivity contribution in [2.45, 2.75) is 136 Å². The minimum Gasteiger partial charge on any atom is -0.270 e. The number of hydrogen-bond acceptors (Lipinski definition) is 3. The van der Waals surface area contributed by atoms with Crippen LogP contribution in [-0.2, 0) is 14.3 Å². The molecule has 0 aliphatic rings. The smallest absolute Gasteiger partial charge is 0.267 e. The second-order valence-electron chi connectivity index (χ2n) is 8.09. The Morgan fingerprint density at radius 3 is 1.22 bits per heavy atom. The minimum atomic E-state index is -3.30. The molecule has 0 N–H and O–H groups in total. The van der Waals surface area contributed by atoms with Crippen molar-refractivity contribution in [3.05, 3.63) is 0 Å². The largest absolute Gasteiger partial charge is 0.270 e.